The summed E-state index contributed by atoms with van der Waals surface area (Å²) in [4.78, 5) is 12.4. The van der Waals surface area contributed by atoms with Crippen molar-refractivity contribution in [2.24, 2.45) is 0 Å². The summed E-state index contributed by atoms with van der Waals surface area (Å²) in [6.45, 7) is 2.00. The van der Waals surface area contributed by atoms with Gasteiger partial charge >= 0.3 is 0 Å². The number of nitrogens with zero attached hydrogens (tertiary/aromatic N) is 3. The normalized spacial score (nSPS) is 11.9. The third kappa shape index (κ3) is 6.66. The Kier molecular flexibility index (Phi) is 8.85. The zero-order valence-corrected chi connectivity index (χ0v) is 21.7. The van der Waals surface area contributed by atoms with Gasteiger partial charge in [-0.3, -0.25) is 9.36 Å². The van der Waals surface area contributed by atoms with Gasteiger partial charge in [0.15, 0.2) is 11.0 Å². The molecule has 180 valence electrons. The lowest BCUT2D eigenvalue weighted by Gasteiger charge is -2.14. The predicted molar refractivity (Wildman–Crippen MR) is 144 cm³/mol. The van der Waals surface area contributed by atoms with E-state index in [2.05, 4.69) is 15.5 Å². The first-order chi connectivity index (χ1) is 17.0. The van der Waals surface area contributed by atoms with Gasteiger partial charge in [0.05, 0.1) is 21.8 Å². The average molecular weight is 526 g/mol. The summed E-state index contributed by atoms with van der Waals surface area (Å²) in [7, 11) is 0. The van der Waals surface area contributed by atoms with Crippen molar-refractivity contribution >= 4 is 40.9 Å². The van der Waals surface area contributed by atoms with Crippen LogP contribution in [0.2, 0.25) is 10.0 Å². The zero-order valence-electron chi connectivity index (χ0n) is 19.3. The van der Waals surface area contributed by atoms with Crippen molar-refractivity contribution in [3.8, 4) is 17.1 Å². The number of benzene rings is 3. The molecule has 0 radical (unpaired) electrons. The quantitative estimate of drug-likeness (QED) is 0.173. The smallest absolute Gasteiger partial charge is 0.220 e. The highest BCUT2D eigenvalue weighted by Gasteiger charge is 2.17. The molecule has 5 nitrogen and oxygen atoms in total. The van der Waals surface area contributed by atoms with Crippen LogP contribution in [0.25, 0.3) is 17.1 Å². The minimum absolute atomic E-state index is 0.000709. The second kappa shape index (κ2) is 12.2. The molecular formula is C27H26Cl2N4OS. The van der Waals surface area contributed by atoms with Gasteiger partial charge in [0.1, 0.15) is 0 Å². The van der Waals surface area contributed by atoms with Gasteiger partial charge in [-0.15, -0.1) is 10.2 Å². The van der Waals surface area contributed by atoms with Crippen LogP contribution in [-0.4, -0.2) is 26.4 Å². The Morgan fingerprint density at radius 2 is 1.66 bits per heavy atom. The first kappa shape index (κ1) is 25.3. The number of unbranched alkanes of at least 4 members (excludes halogenated alkanes) is 1. The number of halogens is 2. The van der Waals surface area contributed by atoms with Crippen LogP contribution in [0.1, 0.15) is 37.8 Å². The van der Waals surface area contributed by atoms with E-state index < -0.39 is 0 Å². The first-order valence-corrected chi connectivity index (χ1v) is 13.2. The molecule has 1 atom stereocenters. The molecule has 0 bridgehead atoms. The molecule has 0 aliphatic heterocycles. The molecule has 1 amide bonds. The second-order valence-corrected chi connectivity index (χ2v) is 9.99. The molecule has 1 heterocycles. The molecule has 1 aromatic heterocycles. The van der Waals surface area contributed by atoms with E-state index in [0.29, 0.717) is 16.5 Å². The van der Waals surface area contributed by atoms with Crippen LogP contribution in [0.15, 0.2) is 84.0 Å². The maximum atomic E-state index is 12.4. The fourth-order valence-electron chi connectivity index (χ4n) is 3.68. The number of hydrogen-bond acceptors (Lipinski definition) is 4. The molecule has 3 aromatic carbocycles. The number of carbonyl (C=O) groups excluding carboxylic acids is 1. The van der Waals surface area contributed by atoms with Crippen molar-refractivity contribution in [2.45, 2.75) is 37.4 Å². The van der Waals surface area contributed by atoms with E-state index in [-0.39, 0.29) is 11.9 Å². The molecule has 0 saturated carbocycles. The summed E-state index contributed by atoms with van der Waals surface area (Å²) in [5.41, 5.74) is 2.91. The lowest BCUT2D eigenvalue weighted by molar-refractivity contribution is -0.121. The Morgan fingerprint density at radius 1 is 0.943 bits per heavy atom. The number of aromatic nitrogens is 3. The largest absolute Gasteiger partial charge is 0.350 e. The summed E-state index contributed by atoms with van der Waals surface area (Å²) in [5.74, 6) is 1.62. The van der Waals surface area contributed by atoms with E-state index in [1.807, 2.05) is 84.3 Å². The number of carbonyl (C=O) groups is 1. The highest BCUT2D eigenvalue weighted by molar-refractivity contribution is 7.99. The highest BCUT2D eigenvalue weighted by Crippen LogP contribution is 2.31. The van der Waals surface area contributed by atoms with Crippen LogP contribution in [0.4, 0.5) is 0 Å². The maximum Gasteiger partial charge on any atom is 0.220 e. The van der Waals surface area contributed by atoms with E-state index in [1.54, 1.807) is 17.8 Å². The van der Waals surface area contributed by atoms with Crippen molar-refractivity contribution in [3.05, 3.63) is 94.5 Å². The Labute approximate surface area is 219 Å². The van der Waals surface area contributed by atoms with Crippen molar-refractivity contribution in [3.63, 3.8) is 0 Å². The molecule has 4 aromatic rings. The molecule has 1 unspecified atom stereocenters. The van der Waals surface area contributed by atoms with E-state index in [4.69, 9.17) is 23.2 Å². The molecule has 35 heavy (non-hydrogen) atoms. The van der Waals surface area contributed by atoms with Crippen molar-refractivity contribution in [1.29, 1.82) is 0 Å². The lowest BCUT2D eigenvalue weighted by atomic mass is 10.1. The van der Waals surface area contributed by atoms with Crippen LogP contribution in [0.3, 0.4) is 0 Å². The third-order valence-corrected chi connectivity index (χ3v) is 7.29. The van der Waals surface area contributed by atoms with Crippen molar-refractivity contribution < 1.29 is 4.79 Å². The number of hydrogen-bond donors (Lipinski definition) is 1. The standard InChI is InChI=1S/C27H26Cl2N4OS/c1-19(20-10-4-2-5-11-20)30-25(34)14-8-9-17-35-27-32-31-26(21-12-6-3-7-13-21)33(27)22-15-16-23(28)24(29)18-22/h2-7,10-13,15-16,18-19H,8-9,14,17H2,1H3,(H,30,34). The Balaban J connectivity index is 1.37. The van der Waals surface area contributed by atoms with Gasteiger partial charge in [-0.1, -0.05) is 95.6 Å². The number of rotatable bonds is 10. The van der Waals surface area contributed by atoms with Gasteiger partial charge in [-0.25, -0.2) is 0 Å². The van der Waals surface area contributed by atoms with Gasteiger partial charge in [-0.05, 0) is 43.5 Å². The highest BCUT2D eigenvalue weighted by atomic mass is 35.5. The first-order valence-electron chi connectivity index (χ1n) is 11.5. The molecule has 0 spiro atoms. The Morgan fingerprint density at radius 3 is 2.37 bits per heavy atom. The van der Waals surface area contributed by atoms with Gasteiger partial charge in [0, 0.05) is 17.7 Å². The second-order valence-electron chi connectivity index (χ2n) is 8.11. The van der Waals surface area contributed by atoms with Crippen LogP contribution in [-0.2, 0) is 4.79 Å². The molecule has 1 N–H and O–H groups in total. The topological polar surface area (TPSA) is 59.8 Å². The van der Waals surface area contributed by atoms with Gasteiger partial charge < -0.3 is 5.32 Å². The van der Waals surface area contributed by atoms with Crippen molar-refractivity contribution in [1.82, 2.24) is 20.1 Å². The fourth-order valence-corrected chi connectivity index (χ4v) is 4.93. The Hall–Kier alpha value is -2.80. The maximum absolute atomic E-state index is 12.4. The number of thioether (sulfide) groups is 1. The van der Waals surface area contributed by atoms with E-state index in [9.17, 15) is 4.79 Å². The molecular weight excluding hydrogens is 499 g/mol. The predicted octanol–water partition coefficient (Wildman–Crippen LogP) is 7.38. The molecule has 8 heteroatoms. The van der Waals surface area contributed by atoms with E-state index in [1.165, 1.54) is 0 Å². The minimum atomic E-state index is -0.000709. The van der Waals surface area contributed by atoms with Crippen LogP contribution < -0.4 is 5.32 Å². The van der Waals surface area contributed by atoms with E-state index >= 15 is 0 Å². The average Bonchev–Trinajstić information content (AvgIpc) is 3.30. The fraction of sp³-hybridized carbons (Fsp3) is 0.222. The van der Waals surface area contributed by atoms with Crippen LogP contribution in [0.5, 0.6) is 0 Å². The molecule has 0 aliphatic carbocycles. The number of nitrogens with one attached hydrogen (secondary N) is 1. The SMILES string of the molecule is CC(NC(=O)CCCCSc1nnc(-c2ccccc2)n1-c1ccc(Cl)c(Cl)c1)c1ccccc1. The third-order valence-electron chi connectivity index (χ3n) is 5.53. The summed E-state index contributed by atoms with van der Waals surface area (Å²) in [5, 5.41) is 13.7. The van der Waals surface area contributed by atoms with Gasteiger partial charge in [0.25, 0.3) is 0 Å². The van der Waals surface area contributed by atoms with Crippen LogP contribution >= 0.6 is 35.0 Å². The minimum Gasteiger partial charge on any atom is -0.350 e. The Bertz CT molecular complexity index is 1260. The monoisotopic (exact) mass is 524 g/mol. The molecule has 0 aliphatic rings. The van der Waals surface area contributed by atoms with Gasteiger partial charge in [-0.2, -0.15) is 0 Å². The molecule has 0 fully saturated rings. The van der Waals surface area contributed by atoms with Crippen molar-refractivity contribution in [2.75, 3.05) is 5.75 Å². The van der Waals surface area contributed by atoms with E-state index in [0.717, 1.165) is 46.4 Å². The summed E-state index contributed by atoms with van der Waals surface area (Å²) < 4.78 is 2.00. The summed E-state index contributed by atoms with van der Waals surface area (Å²) in [6, 6.07) is 25.4. The zero-order chi connectivity index (χ0) is 24.6. The number of amides is 1. The summed E-state index contributed by atoms with van der Waals surface area (Å²) >= 11 is 14.1. The lowest BCUT2D eigenvalue weighted by Crippen LogP contribution is -2.26. The van der Waals surface area contributed by atoms with Crippen LogP contribution in [0, 0.1) is 0 Å². The molecule has 0 saturated heterocycles. The summed E-state index contributed by atoms with van der Waals surface area (Å²) in [6.07, 6.45) is 2.17. The molecule has 4 rings (SSSR count). The van der Waals surface area contributed by atoms with Gasteiger partial charge in [0.2, 0.25) is 5.91 Å².